The molecule has 0 saturated heterocycles. The molecular weight excluding hydrogens is 316 g/mol. The first kappa shape index (κ1) is 15.3. The Labute approximate surface area is 137 Å². The lowest BCUT2D eigenvalue weighted by Crippen LogP contribution is -2.23. The third-order valence-electron chi connectivity index (χ3n) is 3.10. The van der Waals surface area contributed by atoms with Crippen LogP contribution in [0, 0.1) is 0 Å². The molecule has 6 heteroatoms. The van der Waals surface area contributed by atoms with Gasteiger partial charge in [-0.25, -0.2) is 5.48 Å². The van der Waals surface area contributed by atoms with Crippen molar-refractivity contribution < 1.29 is 14.2 Å². The van der Waals surface area contributed by atoms with Crippen molar-refractivity contribution in [1.82, 2.24) is 10.6 Å². The summed E-state index contributed by atoms with van der Waals surface area (Å²) in [7, 11) is 0. The average molecular weight is 329 g/mol. The van der Waals surface area contributed by atoms with E-state index in [0.29, 0.717) is 10.8 Å². The Balaban J connectivity index is 1.60. The number of rotatable bonds is 5. The molecular formula is C17H13ClN2O3. The summed E-state index contributed by atoms with van der Waals surface area (Å²) in [5.74, 6) is -0.0151. The van der Waals surface area contributed by atoms with Crippen LogP contribution in [0.4, 0.5) is 0 Å². The zero-order valence-corrected chi connectivity index (χ0v) is 12.8. The third-order valence-corrected chi connectivity index (χ3v) is 3.33. The number of aromatic nitrogens is 1. The number of benzene rings is 2. The van der Waals surface area contributed by atoms with E-state index in [1.165, 1.54) is 6.07 Å². The summed E-state index contributed by atoms with van der Waals surface area (Å²) in [6.07, 6.45) is 0. The largest absolute Gasteiger partial charge is 0.355 e. The van der Waals surface area contributed by atoms with Crippen molar-refractivity contribution >= 4 is 17.5 Å². The molecule has 0 bridgehead atoms. The smallest absolute Gasteiger partial charge is 0.297 e. The Hall–Kier alpha value is -2.63. The lowest BCUT2D eigenvalue weighted by Gasteiger charge is -2.03. The minimum absolute atomic E-state index is 0.132. The Morgan fingerprint density at radius 2 is 1.96 bits per heavy atom. The maximum absolute atomic E-state index is 12.0. The highest BCUT2D eigenvalue weighted by atomic mass is 35.5. The topological polar surface area (TPSA) is 64.4 Å². The Morgan fingerprint density at radius 3 is 2.74 bits per heavy atom. The van der Waals surface area contributed by atoms with Crippen LogP contribution < -0.4 is 5.48 Å². The van der Waals surface area contributed by atoms with Crippen molar-refractivity contribution in [3.05, 3.63) is 76.9 Å². The predicted molar refractivity (Wildman–Crippen MR) is 85.6 cm³/mol. The van der Waals surface area contributed by atoms with E-state index in [4.69, 9.17) is 21.0 Å². The Kier molecular flexibility index (Phi) is 4.71. The molecule has 0 aliphatic heterocycles. The van der Waals surface area contributed by atoms with Crippen molar-refractivity contribution in [2.45, 2.75) is 6.61 Å². The summed E-state index contributed by atoms with van der Waals surface area (Å²) in [6.45, 7) is 0.269. The number of halogens is 1. The lowest BCUT2D eigenvalue weighted by molar-refractivity contribution is 0.0226. The standard InChI is InChI=1S/C17H13ClN2O3/c18-14-8-4-7-13(9-14)16-10-15(19-23-16)17(21)20-22-11-12-5-2-1-3-6-12/h1-10H,11H2,(H,20,21). The molecule has 0 atom stereocenters. The molecule has 0 spiro atoms. The van der Waals surface area contributed by atoms with Crippen LogP contribution >= 0.6 is 11.6 Å². The van der Waals surface area contributed by atoms with E-state index in [9.17, 15) is 4.79 Å². The van der Waals surface area contributed by atoms with Gasteiger partial charge in [-0.05, 0) is 17.7 Å². The molecule has 0 aliphatic carbocycles. The van der Waals surface area contributed by atoms with Crippen LogP contribution in [-0.2, 0) is 11.4 Å². The molecule has 0 radical (unpaired) electrons. The highest BCUT2D eigenvalue weighted by Gasteiger charge is 2.14. The molecule has 3 rings (SSSR count). The first-order chi connectivity index (χ1) is 11.2. The van der Waals surface area contributed by atoms with Gasteiger partial charge in [0.25, 0.3) is 5.91 Å². The van der Waals surface area contributed by atoms with E-state index in [1.54, 1.807) is 18.2 Å². The monoisotopic (exact) mass is 328 g/mol. The SMILES string of the molecule is O=C(NOCc1ccccc1)c1cc(-c2cccc(Cl)c2)on1. The molecule has 1 N–H and O–H groups in total. The average Bonchev–Trinajstić information content (AvgIpc) is 3.06. The van der Waals surface area contributed by atoms with Crippen LogP contribution in [0.25, 0.3) is 11.3 Å². The summed E-state index contributed by atoms with van der Waals surface area (Å²) in [4.78, 5) is 17.1. The summed E-state index contributed by atoms with van der Waals surface area (Å²) in [5, 5.41) is 4.32. The van der Waals surface area contributed by atoms with E-state index in [1.807, 2.05) is 36.4 Å². The number of nitrogens with zero attached hydrogens (tertiary/aromatic N) is 1. The van der Waals surface area contributed by atoms with Crippen LogP contribution in [0.3, 0.4) is 0 Å². The summed E-state index contributed by atoms with van der Waals surface area (Å²) >= 11 is 5.93. The van der Waals surface area contributed by atoms with Crippen molar-refractivity contribution in [2.75, 3.05) is 0 Å². The molecule has 0 aliphatic rings. The minimum atomic E-state index is -0.474. The van der Waals surface area contributed by atoms with Gasteiger partial charge in [-0.3, -0.25) is 9.63 Å². The molecule has 0 unspecified atom stereocenters. The molecule has 0 saturated carbocycles. The van der Waals surface area contributed by atoms with E-state index < -0.39 is 5.91 Å². The van der Waals surface area contributed by atoms with Crippen LogP contribution in [0.2, 0.25) is 5.02 Å². The molecule has 116 valence electrons. The van der Waals surface area contributed by atoms with Gasteiger partial charge in [0.1, 0.15) is 0 Å². The van der Waals surface area contributed by atoms with Crippen LogP contribution in [0.15, 0.2) is 65.2 Å². The quantitative estimate of drug-likeness (QED) is 0.722. The van der Waals surface area contributed by atoms with E-state index >= 15 is 0 Å². The fourth-order valence-electron chi connectivity index (χ4n) is 1.97. The van der Waals surface area contributed by atoms with Crippen LogP contribution in [0.1, 0.15) is 16.1 Å². The Morgan fingerprint density at radius 1 is 1.13 bits per heavy atom. The van der Waals surface area contributed by atoms with Gasteiger partial charge in [-0.2, -0.15) is 0 Å². The van der Waals surface area contributed by atoms with Crippen molar-refractivity contribution in [3.8, 4) is 11.3 Å². The van der Waals surface area contributed by atoms with Gasteiger partial charge in [0.05, 0.1) is 6.61 Å². The maximum Gasteiger partial charge on any atom is 0.297 e. The highest BCUT2D eigenvalue weighted by Crippen LogP contribution is 2.23. The minimum Gasteiger partial charge on any atom is -0.355 e. The van der Waals surface area contributed by atoms with E-state index in [-0.39, 0.29) is 12.3 Å². The molecule has 5 nitrogen and oxygen atoms in total. The van der Waals surface area contributed by atoms with Crippen LogP contribution in [0.5, 0.6) is 0 Å². The van der Waals surface area contributed by atoms with E-state index in [0.717, 1.165) is 11.1 Å². The van der Waals surface area contributed by atoms with Gasteiger partial charge in [0.2, 0.25) is 0 Å². The maximum atomic E-state index is 12.0. The molecule has 1 aromatic heterocycles. The number of hydroxylamine groups is 1. The zero-order valence-electron chi connectivity index (χ0n) is 12.0. The van der Waals surface area contributed by atoms with Gasteiger partial charge < -0.3 is 4.52 Å². The van der Waals surface area contributed by atoms with Crippen molar-refractivity contribution in [3.63, 3.8) is 0 Å². The van der Waals surface area contributed by atoms with Crippen molar-refractivity contribution in [1.29, 1.82) is 0 Å². The lowest BCUT2D eigenvalue weighted by atomic mass is 10.1. The summed E-state index contributed by atoms with van der Waals surface area (Å²) < 4.78 is 5.17. The predicted octanol–water partition coefficient (Wildman–Crippen LogP) is 3.86. The van der Waals surface area contributed by atoms with Gasteiger partial charge in [-0.1, -0.05) is 59.2 Å². The zero-order chi connectivity index (χ0) is 16.1. The van der Waals surface area contributed by atoms with Crippen LogP contribution in [-0.4, -0.2) is 11.1 Å². The number of carbonyl (C=O) groups excluding carboxylic acids is 1. The molecule has 1 heterocycles. The normalized spacial score (nSPS) is 10.5. The number of amides is 1. The second-order valence-corrected chi connectivity index (χ2v) is 5.23. The molecule has 1 amide bonds. The van der Waals surface area contributed by atoms with Gasteiger partial charge >= 0.3 is 0 Å². The molecule has 3 aromatic rings. The molecule has 0 fully saturated rings. The fraction of sp³-hybridized carbons (Fsp3) is 0.0588. The second kappa shape index (κ2) is 7.09. The summed E-state index contributed by atoms with van der Waals surface area (Å²) in [6, 6.07) is 18.1. The highest BCUT2D eigenvalue weighted by molar-refractivity contribution is 6.30. The first-order valence-electron chi connectivity index (χ1n) is 6.91. The van der Waals surface area contributed by atoms with Gasteiger partial charge in [0, 0.05) is 16.7 Å². The van der Waals surface area contributed by atoms with Gasteiger partial charge in [-0.15, -0.1) is 0 Å². The first-order valence-corrected chi connectivity index (χ1v) is 7.29. The molecule has 23 heavy (non-hydrogen) atoms. The number of hydrogen-bond acceptors (Lipinski definition) is 4. The fourth-order valence-corrected chi connectivity index (χ4v) is 2.16. The number of hydrogen-bond donors (Lipinski definition) is 1. The number of carbonyl (C=O) groups is 1. The number of nitrogens with one attached hydrogen (secondary N) is 1. The van der Waals surface area contributed by atoms with E-state index in [2.05, 4.69) is 10.6 Å². The molecule has 2 aromatic carbocycles. The van der Waals surface area contributed by atoms with Gasteiger partial charge in [0.15, 0.2) is 11.5 Å². The van der Waals surface area contributed by atoms with Crippen molar-refractivity contribution in [2.24, 2.45) is 0 Å². The Bertz CT molecular complexity index is 802. The third kappa shape index (κ3) is 3.97. The second-order valence-electron chi connectivity index (χ2n) is 4.79. The summed E-state index contributed by atoms with van der Waals surface area (Å²) in [5.41, 5.74) is 4.16.